The molecule has 6 nitrogen and oxygen atoms in total. The Morgan fingerprint density at radius 1 is 1.15 bits per heavy atom. The molecule has 1 aliphatic heterocycles. The summed E-state index contributed by atoms with van der Waals surface area (Å²) in [5, 5.41) is 2.79. The summed E-state index contributed by atoms with van der Waals surface area (Å²) in [6, 6.07) is 11.5. The summed E-state index contributed by atoms with van der Waals surface area (Å²) < 4.78 is 11.1. The minimum atomic E-state index is -0.0778. The van der Waals surface area contributed by atoms with E-state index in [1.165, 1.54) is 0 Å². The fourth-order valence-electron chi connectivity index (χ4n) is 3.18. The van der Waals surface area contributed by atoms with Crippen LogP contribution in [0.5, 0.6) is 11.5 Å². The summed E-state index contributed by atoms with van der Waals surface area (Å²) in [6.45, 7) is 5.15. The Labute approximate surface area is 160 Å². The molecule has 1 fully saturated rings. The number of pyridine rings is 1. The lowest BCUT2D eigenvalue weighted by molar-refractivity contribution is 0.0955. The lowest BCUT2D eigenvalue weighted by Gasteiger charge is -2.32. The van der Waals surface area contributed by atoms with Crippen LogP contribution in [0.15, 0.2) is 42.6 Å². The Hall–Kier alpha value is -2.76. The molecule has 27 heavy (non-hydrogen) atoms. The number of carbonyl (C=O) groups is 1. The van der Waals surface area contributed by atoms with Crippen LogP contribution in [0.25, 0.3) is 0 Å². The predicted molar refractivity (Wildman–Crippen MR) is 106 cm³/mol. The Morgan fingerprint density at radius 3 is 2.44 bits per heavy atom. The van der Waals surface area contributed by atoms with Crippen LogP contribution >= 0.6 is 0 Å². The van der Waals surface area contributed by atoms with Gasteiger partial charge >= 0.3 is 0 Å². The summed E-state index contributed by atoms with van der Waals surface area (Å²) in [6.07, 6.45) is 3.78. The van der Waals surface area contributed by atoms with Gasteiger partial charge in [0.2, 0.25) is 0 Å². The molecule has 1 aromatic heterocycles. The summed E-state index contributed by atoms with van der Waals surface area (Å²) in [5.41, 5.74) is 0.600. The van der Waals surface area contributed by atoms with E-state index in [0.717, 1.165) is 49.9 Å². The molecule has 2 heterocycles. The number of piperidine rings is 1. The summed E-state index contributed by atoms with van der Waals surface area (Å²) >= 11 is 0. The van der Waals surface area contributed by atoms with E-state index in [9.17, 15) is 4.79 Å². The minimum absolute atomic E-state index is 0.0778. The third-order valence-corrected chi connectivity index (χ3v) is 4.83. The third-order valence-electron chi connectivity index (χ3n) is 4.83. The molecule has 0 atom stereocenters. The zero-order chi connectivity index (χ0) is 19.1. The van der Waals surface area contributed by atoms with E-state index in [2.05, 4.69) is 15.2 Å². The highest BCUT2D eigenvalue weighted by Gasteiger charge is 2.21. The highest BCUT2D eigenvalue weighted by atomic mass is 16.5. The molecule has 0 aliphatic carbocycles. The fourth-order valence-corrected chi connectivity index (χ4v) is 3.18. The van der Waals surface area contributed by atoms with Gasteiger partial charge in [0.25, 0.3) is 5.91 Å². The summed E-state index contributed by atoms with van der Waals surface area (Å²) in [7, 11) is 1.66. The number of nitrogens with zero attached hydrogens (tertiary/aromatic N) is 2. The highest BCUT2D eigenvalue weighted by Crippen LogP contribution is 2.24. The Kier molecular flexibility index (Phi) is 6.52. The number of hydrogen-bond donors (Lipinski definition) is 1. The lowest BCUT2D eigenvalue weighted by Crippen LogP contribution is -2.36. The highest BCUT2D eigenvalue weighted by molar-refractivity contribution is 5.93. The number of nitrogens with one attached hydrogen (secondary N) is 1. The molecule has 1 aliphatic rings. The number of anilines is 1. The minimum Gasteiger partial charge on any atom is -0.497 e. The molecule has 3 rings (SSSR count). The van der Waals surface area contributed by atoms with Crippen molar-refractivity contribution in [1.82, 2.24) is 10.3 Å². The molecule has 1 saturated heterocycles. The first-order valence-corrected chi connectivity index (χ1v) is 9.45. The number of hydrogen-bond acceptors (Lipinski definition) is 5. The number of aromatic nitrogens is 1. The van der Waals surface area contributed by atoms with E-state index < -0.39 is 0 Å². The molecule has 0 bridgehead atoms. The topological polar surface area (TPSA) is 63.7 Å². The number of rotatable bonds is 7. The van der Waals surface area contributed by atoms with Crippen LogP contribution in [0.4, 0.5) is 5.82 Å². The van der Waals surface area contributed by atoms with Gasteiger partial charge in [0, 0.05) is 25.8 Å². The van der Waals surface area contributed by atoms with Gasteiger partial charge in [-0.15, -0.1) is 0 Å². The van der Waals surface area contributed by atoms with Crippen LogP contribution in [0, 0.1) is 5.92 Å². The van der Waals surface area contributed by atoms with Crippen molar-refractivity contribution >= 4 is 11.7 Å². The van der Waals surface area contributed by atoms with Crippen LogP contribution in [0.1, 0.15) is 30.1 Å². The van der Waals surface area contributed by atoms with Crippen molar-refractivity contribution < 1.29 is 14.3 Å². The molecule has 0 saturated carbocycles. The Balaban J connectivity index is 1.46. The zero-order valence-electron chi connectivity index (χ0n) is 16.0. The van der Waals surface area contributed by atoms with Crippen molar-refractivity contribution in [2.75, 3.05) is 38.3 Å². The van der Waals surface area contributed by atoms with Gasteiger partial charge in [-0.3, -0.25) is 4.79 Å². The zero-order valence-corrected chi connectivity index (χ0v) is 16.0. The molecule has 0 radical (unpaired) electrons. The number of methoxy groups -OCH3 is 1. The van der Waals surface area contributed by atoms with Gasteiger partial charge in [0.1, 0.15) is 17.3 Å². The van der Waals surface area contributed by atoms with E-state index >= 15 is 0 Å². The fraction of sp³-hybridized carbons (Fsp3) is 0.429. The average molecular weight is 369 g/mol. The van der Waals surface area contributed by atoms with Gasteiger partial charge < -0.3 is 19.7 Å². The maximum absolute atomic E-state index is 11.8. The number of benzene rings is 1. The largest absolute Gasteiger partial charge is 0.497 e. The monoisotopic (exact) mass is 369 g/mol. The predicted octanol–water partition coefficient (Wildman–Crippen LogP) is 3.14. The lowest BCUT2D eigenvalue weighted by atomic mass is 9.98. The van der Waals surface area contributed by atoms with Crippen molar-refractivity contribution in [1.29, 1.82) is 0 Å². The van der Waals surface area contributed by atoms with Crippen LogP contribution in [-0.4, -0.2) is 44.2 Å². The molecule has 144 valence electrons. The SMILES string of the molecule is CCNC(=O)c1ccc(N2CCC(COc3ccc(OC)cc3)CC2)nc1. The first-order chi connectivity index (χ1) is 13.2. The molecule has 2 aromatic rings. The van der Waals surface area contributed by atoms with Crippen LogP contribution in [-0.2, 0) is 0 Å². The first-order valence-electron chi connectivity index (χ1n) is 9.45. The van der Waals surface area contributed by atoms with E-state index in [-0.39, 0.29) is 5.91 Å². The van der Waals surface area contributed by atoms with Gasteiger partial charge in [0.05, 0.1) is 19.3 Å². The van der Waals surface area contributed by atoms with Gasteiger partial charge in [0.15, 0.2) is 0 Å². The maximum atomic E-state index is 11.8. The second-order valence-corrected chi connectivity index (χ2v) is 6.68. The van der Waals surface area contributed by atoms with Crippen LogP contribution in [0.3, 0.4) is 0 Å². The van der Waals surface area contributed by atoms with Crippen molar-refractivity contribution in [3.63, 3.8) is 0 Å². The molecule has 6 heteroatoms. The maximum Gasteiger partial charge on any atom is 0.252 e. The number of ether oxygens (including phenoxy) is 2. The van der Waals surface area contributed by atoms with Crippen LogP contribution < -0.4 is 19.7 Å². The summed E-state index contributed by atoms with van der Waals surface area (Å²) in [5.74, 6) is 3.10. The van der Waals surface area contributed by atoms with Crippen molar-refractivity contribution in [3.8, 4) is 11.5 Å². The summed E-state index contributed by atoms with van der Waals surface area (Å²) in [4.78, 5) is 18.5. The van der Waals surface area contributed by atoms with E-state index in [1.54, 1.807) is 13.3 Å². The van der Waals surface area contributed by atoms with Crippen molar-refractivity contribution in [2.45, 2.75) is 19.8 Å². The Bertz CT molecular complexity index is 723. The molecule has 1 N–H and O–H groups in total. The van der Waals surface area contributed by atoms with E-state index in [0.29, 0.717) is 18.0 Å². The van der Waals surface area contributed by atoms with Gasteiger partial charge in [-0.25, -0.2) is 4.98 Å². The Morgan fingerprint density at radius 2 is 1.85 bits per heavy atom. The van der Waals surface area contributed by atoms with Gasteiger partial charge in [-0.1, -0.05) is 0 Å². The second-order valence-electron chi connectivity index (χ2n) is 6.68. The average Bonchev–Trinajstić information content (AvgIpc) is 2.73. The standard InChI is InChI=1S/C21H27N3O3/c1-3-22-21(25)17-4-9-20(23-14-17)24-12-10-16(11-13-24)15-27-19-7-5-18(26-2)6-8-19/h4-9,14,16H,3,10-13,15H2,1-2H3,(H,22,25). The number of amides is 1. The van der Waals surface area contributed by atoms with Gasteiger partial charge in [-0.2, -0.15) is 0 Å². The van der Waals surface area contributed by atoms with E-state index in [1.807, 2.05) is 43.3 Å². The molecule has 1 aromatic carbocycles. The van der Waals surface area contributed by atoms with Crippen LogP contribution in [0.2, 0.25) is 0 Å². The third kappa shape index (κ3) is 5.12. The quantitative estimate of drug-likeness (QED) is 0.812. The van der Waals surface area contributed by atoms with Crippen molar-refractivity contribution in [3.05, 3.63) is 48.2 Å². The normalized spacial score (nSPS) is 14.7. The molecule has 0 unspecified atom stereocenters. The molecule has 0 spiro atoms. The molecular formula is C21H27N3O3. The second kappa shape index (κ2) is 9.26. The molecule has 1 amide bonds. The smallest absolute Gasteiger partial charge is 0.252 e. The van der Waals surface area contributed by atoms with Gasteiger partial charge in [-0.05, 0) is 62.1 Å². The first kappa shape index (κ1) is 19.0. The molecular weight excluding hydrogens is 342 g/mol. The van der Waals surface area contributed by atoms with Crippen molar-refractivity contribution in [2.24, 2.45) is 5.92 Å². The van der Waals surface area contributed by atoms with E-state index in [4.69, 9.17) is 9.47 Å². The number of carbonyl (C=O) groups excluding carboxylic acids is 1.